The second-order valence-corrected chi connectivity index (χ2v) is 10.8. The predicted molar refractivity (Wildman–Crippen MR) is 162 cm³/mol. The maximum absolute atomic E-state index is 12.2. The molecule has 42 heavy (non-hydrogen) atoms. The maximum atomic E-state index is 12.2. The number of aromatic nitrogens is 4. The molecule has 1 aliphatic heterocycles. The Bertz CT molecular complexity index is 1490. The molecule has 3 heterocycles. The highest BCUT2D eigenvalue weighted by atomic mass is 16.5. The zero-order valence-electron chi connectivity index (χ0n) is 23.7. The zero-order chi connectivity index (χ0) is 28.7. The molecule has 0 spiro atoms. The van der Waals surface area contributed by atoms with Crippen LogP contribution < -0.4 is 10.6 Å². The van der Waals surface area contributed by atoms with Gasteiger partial charge in [-0.05, 0) is 61.6 Å². The van der Waals surface area contributed by atoms with Crippen molar-refractivity contribution in [2.45, 2.75) is 32.2 Å². The first kappa shape index (κ1) is 28.0. The van der Waals surface area contributed by atoms with Gasteiger partial charge in [0, 0.05) is 67.4 Å². The molecular weight excluding hydrogens is 530 g/mol. The minimum absolute atomic E-state index is 0.0772. The van der Waals surface area contributed by atoms with E-state index in [0.717, 1.165) is 86.0 Å². The second kappa shape index (κ2) is 13.2. The van der Waals surface area contributed by atoms with Crippen molar-refractivity contribution in [3.63, 3.8) is 0 Å². The fourth-order valence-electron chi connectivity index (χ4n) is 5.18. The van der Waals surface area contributed by atoms with Crippen molar-refractivity contribution in [2.24, 2.45) is 5.92 Å². The van der Waals surface area contributed by atoms with Crippen LogP contribution in [-0.4, -0.2) is 75.1 Å². The monoisotopic (exact) mass is 567 g/mol. The number of aryl methyl sites for hydroxylation is 1. The molecule has 1 amide bonds. The summed E-state index contributed by atoms with van der Waals surface area (Å²) in [5.41, 5.74) is 6.43. The van der Waals surface area contributed by atoms with Gasteiger partial charge in [-0.3, -0.25) is 14.4 Å². The summed E-state index contributed by atoms with van der Waals surface area (Å²) < 4.78 is 7.36. The summed E-state index contributed by atoms with van der Waals surface area (Å²) in [7, 11) is 0. The lowest BCUT2D eigenvalue weighted by Crippen LogP contribution is -2.37. The summed E-state index contributed by atoms with van der Waals surface area (Å²) in [6.45, 7) is 5.24. The number of benzene rings is 2. The highest BCUT2D eigenvalue weighted by Crippen LogP contribution is 2.34. The Morgan fingerprint density at radius 3 is 2.64 bits per heavy atom. The molecule has 0 unspecified atom stereocenters. The molecule has 0 radical (unpaired) electrons. The first-order chi connectivity index (χ1) is 20.7. The molecule has 1 saturated heterocycles. The number of ether oxygens (including phenoxy) is 1. The number of nitrogens with one attached hydrogen (secondary N) is 2. The highest BCUT2D eigenvalue weighted by molar-refractivity contribution is 5.94. The molecule has 2 aliphatic rings. The Labute approximate surface area is 245 Å². The van der Waals surface area contributed by atoms with Gasteiger partial charge in [0.15, 0.2) is 0 Å². The van der Waals surface area contributed by atoms with Gasteiger partial charge in [0.2, 0.25) is 11.9 Å². The van der Waals surface area contributed by atoms with E-state index in [1.54, 1.807) is 6.20 Å². The van der Waals surface area contributed by atoms with Crippen molar-refractivity contribution >= 4 is 23.2 Å². The smallest absolute Gasteiger partial charge is 0.227 e. The molecule has 0 bridgehead atoms. The van der Waals surface area contributed by atoms with Gasteiger partial charge in [0.25, 0.3) is 0 Å². The zero-order valence-corrected chi connectivity index (χ0v) is 23.7. The number of aliphatic hydroxyl groups excluding tert-OH is 1. The molecule has 10 nitrogen and oxygen atoms in total. The van der Waals surface area contributed by atoms with E-state index in [-0.39, 0.29) is 18.4 Å². The SMILES string of the molecule is O=C(Nc1ccc(-c2c(-c3ccnc(Nc4cccc(CCN5CCOCC5)c4)n3)cnn2CCCO)cc1)C1CC1. The van der Waals surface area contributed by atoms with Gasteiger partial charge in [-0.25, -0.2) is 9.97 Å². The number of hydrogen-bond donors (Lipinski definition) is 3. The van der Waals surface area contributed by atoms with Gasteiger partial charge in [0.05, 0.1) is 30.8 Å². The lowest BCUT2D eigenvalue weighted by atomic mass is 10.0. The minimum atomic E-state index is 0.0772. The normalized spacial score (nSPS) is 15.5. The number of rotatable bonds is 12. The Morgan fingerprint density at radius 2 is 1.86 bits per heavy atom. The third-order valence-electron chi connectivity index (χ3n) is 7.68. The molecule has 10 heteroatoms. The predicted octanol–water partition coefficient (Wildman–Crippen LogP) is 4.36. The van der Waals surface area contributed by atoms with Crippen LogP contribution in [0, 0.1) is 5.92 Å². The number of carbonyl (C=O) groups is 1. The van der Waals surface area contributed by atoms with Gasteiger partial charge >= 0.3 is 0 Å². The Kier molecular flexibility index (Phi) is 8.83. The first-order valence-electron chi connectivity index (χ1n) is 14.7. The van der Waals surface area contributed by atoms with Crippen LogP contribution in [0.1, 0.15) is 24.8 Å². The molecule has 218 valence electrons. The van der Waals surface area contributed by atoms with E-state index in [1.807, 2.05) is 47.3 Å². The molecule has 2 aromatic heterocycles. The van der Waals surface area contributed by atoms with Gasteiger partial charge in [-0.15, -0.1) is 0 Å². The number of anilines is 3. The largest absolute Gasteiger partial charge is 0.396 e. The molecule has 2 aromatic carbocycles. The van der Waals surface area contributed by atoms with Crippen molar-refractivity contribution in [3.05, 3.63) is 72.6 Å². The maximum Gasteiger partial charge on any atom is 0.227 e. The molecule has 2 fully saturated rings. The number of hydrogen-bond acceptors (Lipinski definition) is 8. The van der Waals surface area contributed by atoms with Crippen LogP contribution in [0.25, 0.3) is 22.5 Å². The van der Waals surface area contributed by atoms with E-state index in [2.05, 4.69) is 43.8 Å². The first-order valence-corrected chi connectivity index (χ1v) is 14.7. The molecule has 1 aliphatic carbocycles. The lowest BCUT2D eigenvalue weighted by molar-refractivity contribution is -0.117. The van der Waals surface area contributed by atoms with E-state index >= 15 is 0 Å². The van der Waals surface area contributed by atoms with Gasteiger partial charge in [-0.2, -0.15) is 5.10 Å². The van der Waals surface area contributed by atoms with Crippen LogP contribution in [0.15, 0.2) is 67.0 Å². The summed E-state index contributed by atoms with van der Waals surface area (Å²) in [6, 6.07) is 18.1. The van der Waals surface area contributed by atoms with Gasteiger partial charge in [0.1, 0.15) is 0 Å². The van der Waals surface area contributed by atoms with Crippen molar-refractivity contribution in [1.29, 1.82) is 0 Å². The van der Waals surface area contributed by atoms with Crippen LogP contribution in [0.2, 0.25) is 0 Å². The minimum Gasteiger partial charge on any atom is -0.396 e. The van der Waals surface area contributed by atoms with Crippen molar-refractivity contribution < 1.29 is 14.6 Å². The van der Waals surface area contributed by atoms with Crippen LogP contribution in [0.5, 0.6) is 0 Å². The average molecular weight is 568 g/mol. The fraction of sp³-hybridized carbons (Fsp3) is 0.375. The van der Waals surface area contributed by atoms with Crippen molar-refractivity contribution in [2.75, 3.05) is 50.1 Å². The molecule has 0 atom stereocenters. The van der Waals surface area contributed by atoms with Crippen molar-refractivity contribution in [3.8, 4) is 22.5 Å². The summed E-state index contributed by atoms with van der Waals surface area (Å²) in [6.07, 6.45) is 7.05. The van der Waals surface area contributed by atoms with Crippen LogP contribution in [0.3, 0.4) is 0 Å². The Morgan fingerprint density at radius 1 is 1.02 bits per heavy atom. The summed E-state index contributed by atoms with van der Waals surface area (Å²) in [5, 5.41) is 20.5. The van der Waals surface area contributed by atoms with E-state index in [9.17, 15) is 9.90 Å². The highest BCUT2D eigenvalue weighted by Gasteiger charge is 2.29. The average Bonchev–Trinajstić information content (AvgIpc) is 3.80. The molecular formula is C32H37N7O3. The summed E-state index contributed by atoms with van der Waals surface area (Å²) >= 11 is 0. The Balaban J connectivity index is 1.20. The third-order valence-corrected chi connectivity index (χ3v) is 7.68. The summed E-state index contributed by atoms with van der Waals surface area (Å²) in [5.74, 6) is 0.736. The van der Waals surface area contributed by atoms with E-state index < -0.39 is 0 Å². The van der Waals surface area contributed by atoms with E-state index in [1.165, 1.54) is 5.56 Å². The lowest BCUT2D eigenvalue weighted by Gasteiger charge is -2.26. The van der Waals surface area contributed by atoms with Crippen LogP contribution in [-0.2, 0) is 22.5 Å². The van der Waals surface area contributed by atoms with Crippen molar-refractivity contribution in [1.82, 2.24) is 24.6 Å². The molecule has 6 rings (SSSR count). The van der Waals surface area contributed by atoms with E-state index in [0.29, 0.717) is 18.9 Å². The molecule has 1 saturated carbocycles. The number of aliphatic hydroxyl groups is 1. The molecule has 3 N–H and O–H groups in total. The number of amides is 1. The van der Waals surface area contributed by atoms with Gasteiger partial charge < -0.3 is 20.5 Å². The molecule has 4 aromatic rings. The van der Waals surface area contributed by atoms with Crippen LogP contribution in [0.4, 0.5) is 17.3 Å². The third kappa shape index (κ3) is 7.02. The topological polar surface area (TPSA) is 117 Å². The number of carbonyl (C=O) groups excluding carboxylic acids is 1. The standard InChI is InChI=1S/C32H37N7O3/c40-18-2-14-39-30(24-7-9-26(10-8-24)35-31(41)25-5-6-25)28(22-34-39)29-11-13-33-32(37-29)36-27-4-1-3-23(21-27)12-15-38-16-19-42-20-17-38/h1,3-4,7-11,13,21-22,25,40H,2,5-6,12,14-20H2,(H,35,41)(H,33,36,37). The quantitative estimate of drug-likeness (QED) is 0.231. The Hall–Kier alpha value is -4.12. The van der Waals surface area contributed by atoms with E-state index in [4.69, 9.17) is 9.72 Å². The number of morpholine rings is 1. The van der Waals surface area contributed by atoms with Crippen LogP contribution >= 0.6 is 0 Å². The second-order valence-electron chi connectivity index (χ2n) is 10.8. The van der Waals surface area contributed by atoms with Gasteiger partial charge in [-0.1, -0.05) is 24.3 Å². The summed E-state index contributed by atoms with van der Waals surface area (Å²) in [4.78, 5) is 24.0. The fourth-order valence-corrected chi connectivity index (χ4v) is 5.18. The number of nitrogens with zero attached hydrogens (tertiary/aromatic N) is 5.